The molecular weight excluding hydrogens is 308 g/mol. The summed E-state index contributed by atoms with van der Waals surface area (Å²) in [7, 11) is 0. The molecule has 0 amide bonds. The Hall–Kier alpha value is -0.870. The fourth-order valence-corrected chi connectivity index (χ4v) is 3.62. The van der Waals surface area contributed by atoms with Crippen molar-refractivity contribution in [2.45, 2.75) is 33.7 Å². The molecule has 96 valence electrons. The van der Waals surface area contributed by atoms with Crippen LogP contribution in [0.2, 0.25) is 0 Å². The Morgan fingerprint density at radius 3 is 2.50 bits per heavy atom. The van der Waals surface area contributed by atoms with E-state index >= 15 is 0 Å². The molecule has 4 heteroatoms. The van der Waals surface area contributed by atoms with E-state index in [0.29, 0.717) is 0 Å². The molecule has 1 N–H and O–H groups in total. The molecule has 0 aliphatic rings. The van der Waals surface area contributed by atoms with Crippen LogP contribution in [0.15, 0.2) is 22.7 Å². The molecule has 0 radical (unpaired) electrons. The van der Waals surface area contributed by atoms with Crippen molar-refractivity contribution < 1.29 is 0 Å². The normalized spacial score (nSPS) is 12.5. The summed E-state index contributed by atoms with van der Waals surface area (Å²) >= 11 is 5.29. The molecule has 2 rings (SSSR count). The largest absolute Gasteiger partial charge is 0.378 e. The van der Waals surface area contributed by atoms with Gasteiger partial charge in [0, 0.05) is 15.0 Å². The van der Waals surface area contributed by atoms with E-state index in [-0.39, 0.29) is 6.04 Å². The molecule has 0 saturated carbocycles. The zero-order chi connectivity index (χ0) is 13.3. The first kappa shape index (κ1) is 13.6. The zero-order valence-electron chi connectivity index (χ0n) is 11.0. The van der Waals surface area contributed by atoms with E-state index in [1.54, 1.807) is 11.3 Å². The third-order valence-corrected chi connectivity index (χ3v) is 4.47. The van der Waals surface area contributed by atoms with Crippen LogP contribution in [0.5, 0.6) is 0 Å². The summed E-state index contributed by atoms with van der Waals surface area (Å²) < 4.78 is 1.11. The first-order chi connectivity index (χ1) is 8.45. The number of rotatable bonds is 3. The molecule has 0 spiro atoms. The van der Waals surface area contributed by atoms with Gasteiger partial charge in [-0.25, -0.2) is 4.98 Å². The highest BCUT2D eigenvalue weighted by Gasteiger charge is 2.12. The smallest absolute Gasteiger partial charge is 0.0900 e. The van der Waals surface area contributed by atoms with E-state index < -0.39 is 0 Å². The van der Waals surface area contributed by atoms with Gasteiger partial charge < -0.3 is 5.32 Å². The van der Waals surface area contributed by atoms with Gasteiger partial charge in [-0.3, -0.25) is 0 Å². The third-order valence-electron chi connectivity index (χ3n) is 2.76. The lowest BCUT2D eigenvalue weighted by molar-refractivity contribution is 0.889. The molecule has 0 bridgehead atoms. The Morgan fingerprint density at radius 2 is 1.94 bits per heavy atom. The van der Waals surface area contributed by atoms with Crippen LogP contribution in [0.1, 0.15) is 34.1 Å². The summed E-state index contributed by atoms with van der Waals surface area (Å²) in [5, 5.41) is 4.66. The first-order valence-corrected chi connectivity index (χ1v) is 7.54. The SMILES string of the molecule is Cc1cc(Br)cc(NC(C)c2sc(C)nc2C)c1. The van der Waals surface area contributed by atoms with E-state index in [4.69, 9.17) is 0 Å². The Bertz CT molecular complexity index is 543. The Morgan fingerprint density at radius 1 is 1.22 bits per heavy atom. The molecule has 1 atom stereocenters. The average Bonchev–Trinajstić information content (AvgIpc) is 2.56. The molecule has 2 nitrogen and oxygen atoms in total. The maximum atomic E-state index is 4.48. The van der Waals surface area contributed by atoms with Crippen molar-refractivity contribution in [3.05, 3.63) is 43.8 Å². The van der Waals surface area contributed by atoms with Gasteiger partial charge in [0.15, 0.2) is 0 Å². The van der Waals surface area contributed by atoms with Gasteiger partial charge >= 0.3 is 0 Å². The van der Waals surface area contributed by atoms with Crippen LogP contribution in [-0.2, 0) is 0 Å². The van der Waals surface area contributed by atoms with Gasteiger partial charge in [-0.15, -0.1) is 11.3 Å². The maximum absolute atomic E-state index is 4.48. The summed E-state index contributed by atoms with van der Waals surface area (Å²) in [6.07, 6.45) is 0. The fraction of sp³-hybridized carbons (Fsp3) is 0.357. The van der Waals surface area contributed by atoms with Crippen molar-refractivity contribution in [2.24, 2.45) is 0 Å². The zero-order valence-corrected chi connectivity index (χ0v) is 13.4. The molecule has 1 aromatic carbocycles. The number of halogens is 1. The fourth-order valence-electron chi connectivity index (χ4n) is 2.08. The average molecular weight is 325 g/mol. The summed E-state index contributed by atoms with van der Waals surface area (Å²) in [5.41, 5.74) is 3.51. The van der Waals surface area contributed by atoms with Gasteiger partial charge in [-0.2, -0.15) is 0 Å². The molecule has 18 heavy (non-hydrogen) atoms. The quantitative estimate of drug-likeness (QED) is 0.858. The summed E-state index contributed by atoms with van der Waals surface area (Å²) in [6, 6.07) is 6.65. The van der Waals surface area contributed by atoms with E-state index in [1.807, 2.05) is 0 Å². The molecule has 0 aliphatic carbocycles. The van der Waals surface area contributed by atoms with E-state index in [9.17, 15) is 0 Å². The number of nitrogens with one attached hydrogen (secondary N) is 1. The molecule has 1 aromatic heterocycles. The van der Waals surface area contributed by atoms with E-state index in [0.717, 1.165) is 20.9 Å². The van der Waals surface area contributed by atoms with Crippen LogP contribution < -0.4 is 5.32 Å². The van der Waals surface area contributed by atoms with Gasteiger partial charge in [-0.1, -0.05) is 15.9 Å². The number of hydrogen-bond donors (Lipinski definition) is 1. The second-order valence-corrected chi connectivity index (χ2v) is 6.72. The Labute approximate surface area is 121 Å². The minimum Gasteiger partial charge on any atom is -0.378 e. The van der Waals surface area contributed by atoms with Crippen molar-refractivity contribution in [1.82, 2.24) is 4.98 Å². The van der Waals surface area contributed by atoms with Gasteiger partial charge in [0.2, 0.25) is 0 Å². The van der Waals surface area contributed by atoms with E-state index in [1.165, 1.54) is 10.4 Å². The van der Waals surface area contributed by atoms with Gasteiger partial charge in [0.1, 0.15) is 0 Å². The van der Waals surface area contributed by atoms with Crippen LogP contribution in [0.3, 0.4) is 0 Å². The monoisotopic (exact) mass is 324 g/mol. The Balaban J connectivity index is 2.20. The lowest BCUT2D eigenvalue weighted by Gasteiger charge is -2.15. The van der Waals surface area contributed by atoms with Crippen molar-refractivity contribution in [3.8, 4) is 0 Å². The topological polar surface area (TPSA) is 24.9 Å². The summed E-state index contributed by atoms with van der Waals surface area (Å²) in [5.74, 6) is 0. The number of benzene rings is 1. The number of nitrogens with zero attached hydrogens (tertiary/aromatic N) is 1. The molecule has 0 aliphatic heterocycles. The molecule has 2 aromatic rings. The van der Waals surface area contributed by atoms with Crippen LogP contribution >= 0.6 is 27.3 Å². The standard InChI is InChI=1S/C14H17BrN2S/c1-8-5-12(15)7-13(6-8)17-10(3)14-9(2)16-11(4)18-14/h5-7,10,17H,1-4H3. The minimum atomic E-state index is 0.282. The van der Waals surface area contributed by atoms with Crippen molar-refractivity contribution in [1.29, 1.82) is 0 Å². The number of aromatic nitrogens is 1. The molecule has 0 fully saturated rings. The number of thiazole rings is 1. The van der Waals surface area contributed by atoms with Crippen LogP contribution in [0.25, 0.3) is 0 Å². The lowest BCUT2D eigenvalue weighted by Crippen LogP contribution is -2.06. The molecule has 0 saturated heterocycles. The van der Waals surface area contributed by atoms with Crippen LogP contribution in [0.4, 0.5) is 5.69 Å². The predicted molar refractivity (Wildman–Crippen MR) is 82.5 cm³/mol. The number of hydrogen-bond acceptors (Lipinski definition) is 3. The maximum Gasteiger partial charge on any atom is 0.0900 e. The number of aryl methyl sites for hydroxylation is 3. The third kappa shape index (κ3) is 3.12. The van der Waals surface area contributed by atoms with Crippen LogP contribution in [0, 0.1) is 20.8 Å². The number of anilines is 1. The minimum absolute atomic E-state index is 0.282. The summed E-state index contributed by atoms with van der Waals surface area (Å²) in [6.45, 7) is 8.40. The molecule has 1 unspecified atom stereocenters. The van der Waals surface area contributed by atoms with Crippen molar-refractivity contribution in [2.75, 3.05) is 5.32 Å². The van der Waals surface area contributed by atoms with Crippen LogP contribution in [-0.4, -0.2) is 4.98 Å². The highest BCUT2D eigenvalue weighted by molar-refractivity contribution is 9.10. The Kier molecular flexibility index (Phi) is 4.07. The van der Waals surface area contributed by atoms with Gasteiger partial charge in [-0.05, 0) is 51.5 Å². The molecular formula is C14H17BrN2S. The van der Waals surface area contributed by atoms with Crippen molar-refractivity contribution >= 4 is 33.0 Å². The lowest BCUT2D eigenvalue weighted by atomic mass is 10.2. The van der Waals surface area contributed by atoms with E-state index in [2.05, 4.69) is 72.1 Å². The highest BCUT2D eigenvalue weighted by Crippen LogP contribution is 2.28. The summed E-state index contributed by atoms with van der Waals surface area (Å²) in [4.78, 5) is 5.79. The van der Waals surface area contributed by atoms with Gasteiger partial charge in [0.05, 0.1) is 16.7 Å². The molecule has 1 heterocycles. The second-order valence-electron chi connectivity index (χ2n) is 4.57. The first-order valence-electron chi connectivity index (χ1n) is 5.93. The van der Waals surface area contributed by atoms with Crippen molar-refractivity contribution in [3.63, 3.8) is 0 Å². The van der Waals surface area contributed by atoms with Gasteiger partial charge in [0.25, 0.3) is 0 Å². The highest BCUT2D eigenvalue weighted by atomic mass is 79.9. The second kappa shape index (κ2) is 5.41. The predicted octanol–water partition coefficient (Wildman–Crippen LogP) is 5.00.